The molecule has 1 aromatic carbocycles. The van der Waals surface area contributed by atoms with Crippen LogP contribution in [0.15, 0.2) is 41.8 Å². The number of amides is 2. The molecule has 2 amide bonds. The molecule has 2 aliphatic rings. The predicted molar refractivity (Wildman–Crippen MR) is 132 cm³/mol. The molecule has 3 heterocycles. The maximum atomic E-state index is 13.6. The van der Waals surface area contributed by atoms with E-state index in [9.17, 15) is 9.59 Å². The van der Waals surface area contributed by atoms with E-state index in [1.54, 1.807) is 18.4 Å². The van der Waals surface area contributed by atoms with E-state index in [-0.39, 0.29) is 17.9 Å². The third-order valence-corrected chi connectivity index (χ3v) is 7.90. The average Bonchev–Trinajstić information content (AvgIpc) is 3.36. The number of methoxy groups -OCH3 is 1. The molecule has 1 saturated heterocycles. The lowest BCUT2D eigenvalue weighted by Crippen LogP contribution is -2.48. The molecular formula is C26H35N3O3S. The van der Waals surface area contributed by atoms with E-state index in [2.05, 4.69) is 17.1 Å². The van der Waals surface area contributed by atoms with Gasteiger partial charge in [0.1, 0.15) is 0 Å². The van der Waals surface area contributed by atoms with Crippen LogP contribution in [-0.2, 0) is 9.53 Å². The molecule has 0 aliphatic carbocycles. The molecule has 0 bridgehead atoms. The maximum absolute atomic E-state index is 13.6. The Morgan fingerprint density at radius 3 is 2.79 bits per heavy atom. The number of nitrogens with one attached hydrogen (secondary N) is 1. The predicted octanol–water partition coefficient (Wildman–Crippen LogP) is 4.06. The van der Waals surface area contributed by atoms with Crippen molar-refractivity contribution < 1.29 is 14.3 Å². The minimum Gasteiger partial charge on any atom is -0.383 e. The molecule has 0 radical (unpaired) electrons. The summed E-state index contributed by atoms with van der Waals surface area (Å²) in [5.41, 5.74) is 1.43. The largest absolute Gasteiger partial charge is 0.383 e. The first-order valence-electron chi connectivity index (χ1n) is 12.1. The van der Waals surface area contributed by atoms with Crippen molar-refractivity contribution in [2.45, 2.75) is 50.6 Å². The molecule has 1 fully saturated rings. The van der Waals surface area contributed by atoms with Gasteiger partial charge in [-0.1, -0.05) is 30.7 Å². The number of rotatable bonds is 9. The number of hydrogen-bond donors (Lipinski definition) is 1. The smallest absolute Gasteiger partial charge is 0.254 e. The lowest BCUT2D eigenvalue weighted by atomic mass is 9.81. The number of fused-ring (bicyclic) bond motifs is 1. The van der Waals surface area contributed by atoms with E-state index in [0.29, 0.717) is 31.3 Å². The summed E-state index contributed by atoms with van der Waals surface area (Å²) >= 11 is 1.59. The molecule has 7 heteroatoms. The van der Waals surface area contributed by atoms with E-state index in [4.69, 9.17) is 4.74 Å². The topological polar surface area (TPSA) is 61.9 Å². The molecule has 1 N–H and O–H groups in total. The molecule has 1 aromatic heterocycles. The lowest BCUT2D eigenvalue weighted by Gasteiger charge is -2.41. The summed E-state index contributed by atoms with van der Waals surface area (Å²) in [6, 6.07) is 11.9. The highest BCUT2D eigenvalue weighted by molar-refractivity contribution is 7.10. The first-order chi connectivity index (χ1) is 16.1. The number of nitrogens with zero attached hydrogens (tertiary/aromatic N) is 2. The van der Waals surface area contributed by atoms with Gasteiger partial charge in [-0.2, -0.15) is 0 Å². The maximum Gasteiger partial charge on any atom is 0.254 e. The van der Waals surface area contributed by atoms with Gasteiger partial charge in [-0.15, -0.1) is 11.3 Å². The van der Waals surface area contributed by atoms with Crippen LogP contribution in [0.1, 0.15) is 65.4 Å². The normalized spacial score (nSPS) is 23.4. The van der Waals surface area contributed by atoms with Crippen molar-refractivity contribution in [3.8, 4) is 0 Å². The highest BCUT2D eigenvalue weighted by atomic mass is 32.1. The highest BCUT2D eigenvalue weighted by Crippen LogP contribution is 2.44. The van der Waals surface area contributed by atoms with Crippen molar-refractivity contribution >= 4 is 23.2 Å². The highest BCUT2D eigenvalue weighted by Gasteiger charge is 2.44. The zero-order chi connectivity index (χ0) is 23.2. The number of likely N-dealkylation sites (tertiary alicyclic amines) is 1. The number of carbonyl (C=O) groups is 2. The Kier molecular flexibility index (Phi) is 8.17. The molecule has 178 valence electrons. The summed E-state index contributed by atoms with van der Waals surface area (Å²) in [5, 5.41) is 5.20. The molecule has 4 rings (SSSR count). The van der Waals surface area contributed by atoms with Crippen LogP contribution in [0, 0.1) is 0 Å². The summed E-state index contributed by atoms with van der Waals surface area (Å²) in [4.78, 5) is 32.4. The summed E-state index contributed by atoms with van der Waals surface area (Å²) in [6.07, 6.45) is 4.78. The number of benzene rings is 1. The third kappa shape index (κ3) is 5.31. The summed E-state index contributed by atoms with van der Waals surface area (Å²) in [7, 11) is 1.63. The van der Waals surface area contributed by atoms with Gasteiger partial charge >= 0.3 is 0 Å². The van der Waals surface area contributed by atoms with E-state index in [1.807, 2.05) is 46.7 Å². The van der Waals surface area contributed by atoms with Crippen LogP contribution in [0.3, 0.4) is 0 Å². The molecule has 2 aromatic rings. The molecule has 0 saturated carbocycles. The van der Waals surface area contributed by atoms with Crippen LogP contribution < -0.4 is 5.32 Å². The Morgan fingerprint density at radius 1 is 1.18 bits per heavy atom. The van der Waals surface area contributed by atoms with Crippen LogP contribution in [0.5, 0.6) is 0 Å². The van der Waals surface area contributed by atoms with Gasteiger partial charge in [-0.05, 0) is 55.8 Å². The quantitative estimate of drug-likeness (QED) is 0.563. The first-order valence-corrected chi connectivity index (χ1v) is 12.9. The average molecular weight is 470 g/mol. The van der Waals surface area contributed by atoms with Gasteiger partial charge < -0.3 is 19.9 Å². The first kappa shape index (κ1) is 23.9. The second-order valence-corrected chi connectivity index (χ2v) is 10.0. The number of thiophene rings is 1. The zero-order valence-corrected chi connectivity index (χ0v) is 20.5. The Morgan fingerprint density at radius 2 is 2.03 bits per heavy atom. The fourth-order valence-electron chi connectivity index (χ4n) is 5.18. The van der Waals surface area contributed by atoms with Crippen LogP contribution >= 0.6 is 11.3 Å². The fourth-order valence-corrected chi connectivity index (χ4v) is 6.05. The Bertz CT molecular complexity index is 933. The second kappa shape index (κ2) is 11.3. The van der Waals surface area contributed by atoms with Gasteiger partial charge in [0.15, 0.2) is 0 Å². The summed E-state index contributed by atoms with van der Waals surface area (Å²) in [6.45, 7) is 5.98. The fraction of sp³-hybridized carbons (Fsp3) is 0.538. The minimum atomic E-state index is -0.441. The number of carbonyl (C=O) groups excluding carboxylic acids is 2. The molecule has 2 aliphatic heterocycles. The monoisotopic (exact) mass is 469 g/mol. The van der Waals surface area contributed by atoms with Crippen molar-refractivity contribution in [1.82, 2.24) is 15.1 Å². The molecule has 0 unspecified atom stereocenters. The summed E-state index contributed by atoms with van der Waals surface area (Å²) in [5.74, 6) is -0.491. The van der Waals surface area contributed by atoms with E-state index < -0.39 is 5.92 Å². The van der Waals surface area contributed by atoms with Crippen LogP contribution in [-0.4, -0.2) is 67.6 Å². The van der Waals surface area contributed by atoms with Gasteiger partial charge in [-0.25, -0.2) is 0 Å². The number of ether oxygens (including phenoxy) is 1. The van der Waals surface area contributed by atoms with Crippen molar-refractivity contribution in [2.24, 2.45) is 0 Å². The van der Waals surface area contributed by atoms with Crippen LogP contribution in [0.4, 0.5) is 0 Å². The van der Waals surface area contributed by atoms with E-state index in [1.165, 1.54) is 19.3 Å². The van der Waals surface area contributed by atoms with Crippen LogP contribution in [0.25, 0.3) is 0 Å². The van der Waals surface area contributed by atoms with Gasteiger partial charge in [0.05, 0.1) is 18.6 Å². The second-order valence-electron chi connectivity index (χ2n) is 9.04. The van der Waals surface area contributed by atoms with Gasteiger partial charge in [-0.3, -0.25) is 9.59 Å². The Balaban J connectivity index is 1.53. The van der Waals surface area contributed by atoms with Gasteiger partial charge in [0, 0.05) is 43.2 Å². The molecule has 6 nitrogen and oxygen atoms in total. The van der Waals surface area contributed by atoms with Crippen molar-refractivity contribution in [2.75, 3.05) is 39.9 Å². The minimum absolute atomic E-state index is 0.0116. The van der Waals surface area contributed by atoms with Gasteiger partial charge in [0.2, 0.25) is 5.91 Å². The van der Waals surface area contributed by atoms with Crippen molar-refractivity contribution in [3.63, 3.8) is 0 Å². The van der Waals surface area contributed by atoms with Gasteiger partial charge in [0.25, 0.3) is 5.91 Å². The molecule has 3 atom stereocenters. The van der Waals surface area contributed by atoms with E-state index >= 15 is 0 Å². The lowest BCUT2D eigenvalue weighted by molar-refractivity contribution is -0.124. The number of hydrogen-bond acceptors (Lipinski definition) is 5. The van der Waals surface area contributed by atoms with Crippen molar-refractivity contribution in [3.05, 3.63) is 57.8 Å². The van der Waals surface area contributed by atoms with E-state index in [0.717, 1.165) is 30.0 Å². The van der Waals surface area contributed by atoms with Crippen LogP contribution in [0.2, 0.25) is 0 Å². The summed E-state index contributed by atoms with van der Waals surface area (Å²) < 4.78 is 5.29. The molecule has 0 spiro atoms. The Labute approximate surface area is 200 Å². The Hall–Kier alpha value is -2.22. The molecule has 33 heavy (non-hydrogen) atoms. The zero-order valence-electron chi connectivity index (χ0n) is 19.7. The third-order valence-electron chi connectivity index (χ3n) is 6.95. The standard InChI is InChI=1S/C26H35N3O3S/c1-19-9-5-6-14-28(19)15-8-13-27-25(30)23-20-10-3-4-11-21(20)26(31)29(16-17-32-2)24(23)22-12-7-18-33-22/h3-4,7,10-12,18-19,23-24H,5-6,8-9,13-17H2,1-2H3,(H,27,30)/t19-,23-,24-/m0/s1. The number of piperidine rings is 1. The van der Waals surface area contributed by atoms with Crippen molar-refractivity contribution in [1.29, 1.82) is 0 Å². The molecular weight excluding hydrogens is 434 g/mol. The SMILES string of the molecule is COCCN1C(=O)c2ccccc2[C@H](C(=O)NCCCN2CCCC[C@@H]2C)[C@@H]1c1cccs1.